The van der Waals surface area contributed by atoms with Crippen LogP contribution in [0.3, 0.4) is 0 Å². The predicted octanol–water partition coefficient (Wildman–Crippen LogP) is 4.63. The minimum atomic E-state index is -0.466. The van der Waals surface area contributed by atoms with Gasteiger partial charge in [-0.05, 0) is 43.2 Å². The third-order valence-corrected chi connectivity index (χ3v) is 7.45. The lowest BCUT2D eigenvalue weighted by Crippen LogP contribution is -2.46. The van der Waals surface area contributed by atoms with Crippen LogP contribution in [-0.2, 0) is 0 Å². The third kappa shape index (κ3) is 6.20. The molecule has 2 aromatic rings. The lowest BCUT2D eigenvalue weighted by Gasteiger charge is -2.36. The molecule has 11 heteroatoms. The van der Waals surface area contributed by atoms with Crippen LogP contribution in [0.4, 0.5) is 17.1 Å². The van der Waals surface area contributed by atoms with Gasteiger partial charge in [0, 0.05) is 62.2 Å². The number of nitrogens with one attached hydrogen (secondary N) is 2. The van der Waals surface area contributed by atoms with Gasteiger partial charge in [-0.3, -0.25) is 24.7 Å². The molecule has 2 N–H and O–H groups in total. The molecule has 0 unspecified atom stereocenters. The zero-order valence-electron chi connectivity index (χ0n) is 21.4. The highest BCUT2D eigenvalue weighted by Crippen LogP contribution is 2.36. The SMILES string of the molecule is CNc1cncc(C(=O)N2CCC[C@@H](Nc3c(C(=O)N4C[C@H](C)C[C@H](C)C4)cc(Br)cc3[N+](=O)[O-])C2)c1. The standard InChI is InChI=1S/C26H33BrN6O4/c1-16-7-17(2)14-32(13-16)26(35)22-9-19(27)10-23(33(36)37)24(22)30-20-5-4-6-31(15-20)25(34)18-8-21(28-3)12-29-11-18/h8-12,16-17,20,28,30H,4-7,13-15H2,1-3H3/t16-,17+,20-/m1/s1. The largest absolute Gasteiger partial charge is 0.387 e. The number of hydrogen-bond acceptors (Lipinski definition) is 7. The minimum Gasteiger partial charge on any atom is -0.387 e. The first-order valence-corrected chi connectivity index (χ1v) is 13.4. The van der Waals surface area contributed by atoms with Crippen LogP contribution in [0.2, 0.25) is 0 Å². The average Bonchev–Trinajstić information content (AvgIpc) is 2.88. The van der Waals surface area contributed by atoms with Gasteiger partial charge in [-0.2, -0.15) is 0 Å². The fraction of sp³-hybridized carbons (Fsp3) is 0.500. The monoisotopic (exact) mass is 572 g/mol. The third-order valence-electron chi connectivity index (χ3n) is 7.00. The highest BCUT2D eigenvalue weighted by molar-refractivity contribution is 9.10. The molecule has 2 fully saturated rings. The zero-order valence-corrected chi connectivity index (χ0v) is 23.0. The normalized spacial score (nSPS) is 21.9. The number of carbonyl (C=O) groups is 2. The molecule has 37 heavy (non-hydrogen) atoms. The van der Waals surface area contributed by atoms with E-state index in [1.165, 1.54) is 12.3 Å². The number of likely N-dealkylation sites (tertiary alicyclic amines) is 2. The number of carbonyl (C=O) groups excluding carboxylic acids is 2. The Hall–Kier alpha value is -3.21. The molecule has 0 spiro atoms. The van der Waals surface area contributed by atoms with Crippen LogP contribution in [0.1, 0.15) is 53.8 Å². The molecule has 0 bridgehead atoms. The number of aromatic nitrogens is 1. The Labute approximate surface area is 225 Å². The van der Waals surface area contributed by atoms with E-state index >= 15 is 0 Å². The van der Waals surface area contributed by atoms with Crippen LogP contribution in [0, 0.1) is 22.0 Å². The van der Waals surface area contributed by atoms with Crippen LogP contribution < -0.4 is 10.6 Å². The van der Waals surface area contributed by atoms with Crippen molar-refractivity contribution in [1.29, 1.82) is 0 Å². The summed E-state index contributed by atoms with van der Waals surface area (Å²) in [5, 5.41) is 18.3. The van der Waals surface area contributed by atoms with E-state index in [4.69, 9.17) is 0 Å². The van der Waals surface area contributed by atoms with Crippen molar-refractivity contribution in [2.75, 3.05) is 43.9 Å². The van der Waals surface area contributed by atoms with Crippen molar-refractivity contribution in [3.05, 3.63) is 56.3 Å². The molecule has 198 valence electrons. The van der Waals surface area contributed by atoms with Crippen molar-refractivity contribution in [2.24, 2.45) is 11.8 Å². The quantitative estimate of drug-likeness (QED) is 0.382. The summed E-state index contributed by atoms with van der Waals surface area (Å²) < 4.78 is 0.476. The molecule has 3 heterocycles. The second-order valence-electron chi connectivity index (χ2n) is 10.2. The minimum absolute atomic E-state index is 0.144. The number of amides is 2. The van der Waals surface area contributed by atoms with Crippen LogP contribution >= 0.6 is 15.9 Å². The van der Waals surface area contributed by atoms with Crippen molar-refractivity contribution < 1.29 is 14.5 Å². The smallest absolute Gasteiger partial charge is 0.294 e. The fourth-order valence-corrected chi connectivity index (χ4v) is 5.86. The maximum atomic E-state index is 13.7. The average molecular weight is 573 g/mol. The lowest BCUT2D eigenvalue weighted by molar-refractivity contribution is -0.384. The Kier molecular flexibility index (Phi) is 8.31. The van der Waals surface area contributed by atoms with Gasteiger partial charge >= 0.3 is 0 Å². The van der Waals surface area contributed by atoms with E-state index < -0.39 is 4.92 Å². The summed E-state index contributed by atoms with van der Waals surface area (Å²) in [5.41, 5.74) is 1.54. The Morgan fingerprint density at radius 3 is 2.49 bits per heavy atom. The predicted molar refractivity (Wildman–Crippen MR) is 146 cm³/mol. The highest BCUT2D eigenvalue weighted by atomic mass is 79.9. The summed E-state index contributed by atoms with van der Waals surface area (Å²) in [6.45, 7) is 6.42. The van der Waals surface area contributed by atoms with Gasteiger partial charge in [0.25, 0.3) is 17.5 Å². The van der Waals surface area contributed by atoms with Crippen molar-refractivity contribution in [2.45, 2.75) is 39.2 Å². The molecule has 0 radical (unpaired) electrons. The Bertz CT molecular complexity index is 1180. The van der Waals surface area contributed by atoms with Gasteiger partial charge in [0.1, 0.15) is 5.69 Å². The topological polar surface area (TPSA) is 121 Å². The number of nitro benzene ring substituents is 1. The summed E-state index contributed by atoms with van der Waals surface area (Å²) in [7, 11) is 1.77. The van der Waals surface area contributed by atoms with E-state index in [2.05, 4.69) is 45.4 Å². The number of benzene rings is 1. The molecule has 0 saturated carbocycles. The van der Waals surface area contributed by atoms with Crippen molar-refractivity contribution in [1.82, 2.24) is 14.8 Å². The van der Waals surface area contributed by atoms with E-state index in [0.717, 1.165) is 24.9 Å². The Morgan fingerprint density at radius 2 is 1.81 bits per heavy atom. The molecule has 2 aliphatic rings. The first kappa shape index (κ1) is 26.8. The van der Waals surface area contributed by atoms with E-state index in [9.17, 15) is 19.7 Å². The van der Waals surface area contributed by atoms with Gasteiger partial charge in [-0.15, -0.1) is 0 Å². The summed E-state index contributed by atoms with van der Waals surface area (Å²) in [4.78, 5) is 46.1. The molecule has 3 atom stereocenters. The van der Waals surface area contributed by atoms with Gasteiger partial charge in [0.05, 0.1) is 21.7 Å². The highest BCUT2D eigenvalue weighted by Gasteiger charge is 2.33. The van der Waals surface area contributed by atoms with E-state index in [1.54, 1.807) is 35.2 Å². The molecule has 1 aromatic carbocycles. The second-order valence-corrected chi connectivity index (χ2v) is 11.1. The maximum Gasteiger partial charge on any atom is 0.294 e. The molecule has 2 aliphatic heterocycles. The van der Waals surface area contributed by atoms with Crippen LogP contribution in [0.15, 0.2) is 35.1 Å². The number of rotatable bonds is 6. The van der Waals surface area contributed by atoms with Crippen molar-refractivity contribution >= 4 is 44.8 Å². The summed E-state index contributed by atoms with van der Waals surface area (Å²) in [5.74, 6) is 0.359. The van der Waals surface area contributed by atoms with Gasteiger partial charge in [-0.1, -0.05) is 29.8 Å². The summed E-state index contributed by atoms with van der Waals surface area (Å²) in [6.07, 6.45) is 5.68. The number of piperidine rings is 2. The number of halogens is 1. The van der Waals surface area contributed by atoms with Crippen LogP contribution in [0.25, 0.3) is 0 Å². The number of nitro groups is 1. The van der Waals surface area contributed by atoms with E-state index in [0.29, 0.717) is 48.1 Å². The summed E-state index contributed by atoms with van der Waals surface area (Å²) in [6, 6.07) is 4.58. The number of nitrogens with zero attached hydrogens (tertiary/aromatic N) is 4. The molecule has 1 aromatic heterocycles. The number of hydrogen-bond donors (Lipinski definition) is 2. The first-order valence-electron chi connectivity index (χ1n) is 12.6. The number of anilines is 2. The molecule has 2 amide bonds. The fourth-order valence-electron chi connectivity index (χ4n) is 5.42. The second kappa shape index (κ2) is 11.5. The molecular weight excluding hydrogens is 540 g/mol. The Morgan fingerprint density at radius 1 is 1.08 bits per heavy atom. The molecule has 4 rings (SSSR count). The zero-order chi connectivity index (χ0) is 26.7. The molecule has 10 nitrogen and oxygen atoms in total. The van der Waals surface area contributed by atoms with Crippen molar-refractivity contribution in [3.63, 3.8) is 0 Å². The lowest BCUT2D eigenvalue weighted by atomic mass is 9.91. The van der Waals surface area contributed by atoms with Gasteiger partial charge in [0.15, 0.2) is 0 Å². The molecule has 2 saturated heterocycles. The Balaban J connectivity index is 1.60. The van der Waals surface area contributed by atoms with Gasteiger partial charge < -0.3 is 20.4 Å². The molecular formula is C26H33BrN6O4. The van der Waals surface area contributed by atoms with Crippen LogP contribution in [0.5, 0.6) is 0 Å². The van der Waals surface area contributed by atoms with Gasteiger partial charge in [0.2, 0.25) is 0 Å². The van der Waals surface area contributed by atoms with Crippen LogP contribution in [-0.4, -0.2) is 70.8 Å². The number of pyridine rings is 1. The molecule has 0 aliphatic carbocycles. The van der Waals surface area contributed by atoms with E-state index in [1.807, 2.05) is 0 Å². The van der Waals surface area contributed by atoms with Crippen molar-refractivity contribution in [3.8, 4) is 0 Å². The van der Waals surface area contributed by atoms with Gasteiger partial charge in [-0.25, -0.2) is 0 Å². The first-order chi connectivity index (χ1) is 17.7. The summed E-state index contributed by atoms with van der Waals surface area (Å²) >= 11 is 3.36. The maximum absolute atomic E-state index is 13.7. The van der Waals surface area contributed by atoms with E-state index in [-0.39, 0.29) is 34.8 Å².